The molecule has 1 aromatic heterocycles. The molecule has 0 fully saturated rings. The first-order chi connectivity index (χ1) is 9.03. The van der Waals surface area contributed by atoms with Gasteiger partial charge in [-0.15, -0.1) is 0 Å². The Morgan fingerprint density at radius 2 is 2.16 bits per heavy atom. The molecule has 1 rings (SSSR count). The summed E-state index contributed by atoms with van der Waals surface area (Å²) in [5.74, 6) is 0. The summed E-state index contributed by atoms with van der Waals surface area (Å²) in [6, 6.07) is 1.44. The maximum Gasteiger partial charge on any atom is 0.242 e. The van der Waals surface area contributed by atoms with Crippen molar-refractivity contribution in [3.05, 3.63) is 18.0 Å². The number of nitrogens with one attached hydrogen (secondary N) is 3. The molecule has 0 bridgehead atoms. The molecule has 0 saturated carbocycles. The molecule has 0 aliphatic carbocycles. The van der Waals surface area contributed by atoms with Crippen LogP contribution in [0.2, 0.25) is 0 Å². The van der Waals surface area contributed by atoms with Gasteiger partial charge in [0.1, 0.15) is 0 Å². The van der Waals surface area contributed by atoms with Gasteiger partial charge in [0, 0.05) is 31.6 Å². The molecular formula is C12H23N3O3S. The van der Waals surface area contributed by atoms with E-state index >= 15 is 0 Å². The monoisotopic (exact) mass is 289 g/mol. The Kier molecular flexibility index (Phi) is 6.50. The highest BCUT2D eigenvalue weighted by molar-refractivity contribution is 7.89. The molecule has 19 heavy (non-hydrogen) atoms. The van der Waals surface area contributed by atoms with E-state index in [9.17, 15) is 8.42 Å². The maximum atomic E-state index is 12.2. The van der Waals surface area contributed by atoms with Crippen LogP contribution >= 0.6 is 0 Å². The summed E-state index contributed by atoms with van der Waals surface area (Å²) < 4.78 is 31.9. The first-order valence-electron chi connectivity index (χ1n) is 6.42. The second-order valence-corrected chi connectivity index (χ2v) is 6.04. The molecule has 1 aromatic rings. The number of sulfonamides is 1. The number of ether oxygens (including phenoxy) is 1. The van der Waals surface area contributed by atoms with Crippen LogP contribution in [0, 0.1) is 0 Å². The first-order valence-corrected chi connectivity index (χ1v) is 7.91. The Hall–Kier alpha value is -0.890. The highest BCUT2D eigenvalue weighted by Crippen LogP contribution is 2.12. The summed E-state index contributed by atoms with van der Waals surface area (Å²) in [5, 5.41) is 3.14. The number of H-pyrrole nitrogens is 1. The van der Waals surface area contributed by atoms with Gasteiger partial charge in [-0.2, -0.15) is 0 Å². The Balaban J connectivity index is 2.73. The number of aromatic amines is 1. The number of aromatic nitrogens is 1. The molecule has 0 aromatic carbocycles. The highest BCUT2D eigenvalue weighted by Gasteiger charge is 2.20. The predicted molar refractivity (Wildman–Crippen MR) is 74.4 cm³/mol. The van der Waals surface area contributed by atoms with Gasteiger partial charge in [-0.05, 0) is 19.0 Å². The van der Waals surface area contributed by atoms with Crippen LogP contribution in [0.15, 0.2) is 17.2 Å². The minimum atomic E-state index is -3.49. The van der Waals surface area contributed by atoms with Gasteiger partial charge < -0.3 is 15.0 Å². The van der Waals surface area contributed by atoms with Crippen LogP contribution in [0.4, 0.5) is 0 Å². The predicted octanol–water partition coefficient (Wildman–Crippen LogP) is 0.828. The van der Waals surface area contributed by atoms with Crippen molar-refractivity contribution < 1.29 is 13.2 Å². The Morgan fingerprint density at radius 3 is 2.74 bits per heavy atom. The minimum absolute atomic E-state index is 0.206. The van der Waals surface area contributed by atoms with E-state index in [1.807, 2.05) is 13.8 Å². The molecule has 6 nitrogen and oxygen atoms in total. The van der Waals surface area contributed by atoms with Gasteiger partial charge in [0.25, 0.3) is 0 Å². The molecule has 1 heterocycles. The fraction of sp³-hybridized carbons (Fsp3) is 0.667. The summed E-state index contributed by atoms with van der Waals surface area (Å²) in [6.45, 7) is 5.75. The first kappa shape index (κ1) is 16.2. The highest BCUT2D eigenvalue weighted by atomic mass is 32.2. The van der Waals surface area contributed by atoms with Crippen molar-refractivity contribution in [1.29, 1.82) is 0 Å². The molecule has 110 valence electrons. The standard InChI is InChI=1S/C12H23N3O3S/c1-4-10(9-18-3)15-19(16,17)12-6-11(14-8-12)7-13-5-2/h6,8,10,13-15H,4-5,7,9H2,1-3H3. The largest absolute Gasteiger partial charge is 0.383 e. The van der Waals surface area contributed by atoms with E-state index in [1.54, 1.807) is 13.2 Å². The quantitative estimate of drug-likeness (QED) is 0.629. The molecule has 1 unspecified atom stereocenters. The molecule has 0 radical (unpaired) electrons. The average Bonchev–Trinajstić information content (AvgIpc) is 2.85. The lowest BCUT2D eigenvalue weighted by atomic mass is 10.3. The van der Waals surface area contributed by atoms with Crippen molar-refractivity contribution in [3.8, 4) is 0 Å². The zero-order valence-electron chi connectivity index (χ0n) is 11.7. The second kappa shape index (κ2) is 7.64. The van der Waals surface area contributed by atoms with Crippen LogP contribution < -0.4 is 10.0 Å². The fourth-order valence-electron chi connectivity index (χ4n) is 1.66. The third-order valence-electron chi connectivity index (χ3n) is 2.77. The van der Waals surface area contributed by atoms with Crippen molar-refractivity contribution in [2.24, 2.45) is 0 Å². The molecule has 0 spiro atoms. The number of methoxy groups -OCH3 is 1. The average molecular weight is 289 g/mol. The lowest BCUT2D eigenvalue weighted by molar-refractivity contribution is 0.173. The van der Waals surface area contributed by atoms with Crippen molar-refractivity contribution in [1.82, 2.24) is 15.0 Å². The zero-order chi connectivity index (χ0) is 14.3. The fourth-order valence-corrected chi connectivity index (χ4v) is 2.98. The van der Waals surface area contributed by atoms with Crippen molar-refractivity contribution in [2.45, 2.75) is 37.8 Å². The van der Waals surface area contributed by atoms with Crippen molar-refractivity contribution in [3.63, 3.8) is 0 Å². The third kappa shape index (κ3) is 4.94. The lowest BCUT2D eigenvalue weighted by Gasteiger charge is -2.15. The van der Waals surface area contributed by atoms with Gasteiger partial charge in [0.05, 0.1) is 11.5 Å². The lowest BCUT2D eigenvalue weighted by Crippen LogP contribution is -2.37. The topological polar surface area (TPSA) is 83.2 Å². The molecule has 0 saturated heterocycles. The summed E-state index contributed by atoms with van der Waals surface area (Å²) in [5.41, 5.74) is 0.849. The van der Waals surface area contributed by atoms with Gasteiger partial charge in [-0.25, -0.2) is 13.1 Å². The number of hydrogen-bond donors (Lipinski definition) is 3. The van der Waals surface area contributed by atoms with Gasteiger partial charge in [-0.3, -0.25) is 0 Å². The second-order valence-electron chi connectivity index (χ2n) is 4.32. The smallest absolute Gasteiger partial charge is 0.242 e. The van der Waals surface area contributed by atoms with Gasteiger partial charge in [-0.1, -0.05) is 13.8 Å². The summed E-state index contributed by atoms with van der Waals surface area (Å²) >= 11 is 0. The van der Waals surface area contributed by atoms with Crippen LogP contribution in [-0.2, 0) is 21.3 Å². The summed E-state index contributed by atoms with van der Waals surface area (Å²) in [6.07, 6.45) is 2.19. The van der Waals surface area contributed by atoms with Crippen LogP contribution in [-0.4, -0.2) is 39.7 Å². The normalized spacial score (nSPS) is 13.6. The molecular weight excluding hydrogens is 266 g/mol. The maximum absolute atomic E-state index is 12.2. The van der Waals surface area contributed by atoms with E-state index in [4.69, 9.17) is 4.74 Å². The van der Waals surface area contributed by atoms with E-state index in [0.29, 0.717) is 19.6 Å². The Morgan fingerprint density at radius 1 is 1.42 bits per heavy atom. The van der Waals surface area contributed by atoms with Gasteiger partial charge in [0.2, 0.25) is 10.0 Å². The van der Waals surface area contributed by atoms with Crippen LogP contribution in [0.1, 0.15) is 26.0 Å². The molecule has 7 heteroatoms. The summed E-state index contributed by atoms with van der Waals surface area (Å²) in [7, 11) is -1.93. The molecule has 0 amide bonds. The SMILES string of the molecule is CCNCc1cc(S(=O)(=O)NC(CC)COC)c[nH]1. The Bertz CT molecular complexity index is 470. The molecule has 0 aliphatic rings. The molecule has 3 N–H and O–H groups in total. The third-order valence-corrected chi connectivity index (χ3v) is 4.27. The van der Waals surface area contributed by atoms with Crippen molar-refractivity contribution >= 4 is 10.0 Å². The molecule has 0 aliphatic heterocycles. The van der Waals surface area contributed by atoms with E-state index in [-0.39, 0.29) is 10.9 Å². The number of hydrogen-bond acceptors (Lipinski definition) is 4. The Labute approximate surface area is 115 Å². The van der Waals surface area contributed by atoms with Crippen molar-refractivity contribution in [2.75, 3.05) is 20.3 Å². The minimum Gasteiger partial charge on any atom is -0.383 e. The number of rotatable bonds is 9. The van der Waals surface area contributed by atoms with Gasteiger partial charge >= 0.3 is 0 Å². The van der Waals surface area contributed by atoms with Gasteiger partial charge in [0.15, 0.2) is 0 Å². The summed E-state index contributed by atoms with van der Waals surface area (Å²) in [4.78, 5) is 3.22. The van der Waals surface area contributed by atoms with Crippen LogP contribution in [0.5, 0.6) is 0 Å². The molecule has 1 atom stereocenters. The zero-order valence-corrected chi connectivity index (χ0v) is 12.5. The van der Waals surface area contributed by atoms with E-state index in [2.05, 4.69) is 15.0 Å². The van der Waals surface area contributed by atoms with E-state index in [0.717, 1.165) is 12.2 Å². The van der Waals surface area contributed by atoms with E-state index < -0.39 is 10.0 Å². The van der Waals surface area contributed by atoms with E-state index in [1.165, 1.54) is 6.20 Å². The van der Waals surface area contributed by atoms with Crippen LogP contribution in [0.3, 0.4) is 0 Å². The van der Waals surface area contributed by atoms with Crippen LogP contribution in [0.25, 0.3) is 0 Å².